The number of anilines is 1. The summed E-state index contributed by atoms with van der Waals surface area (Å²) in [6, 6.07) is 8.01. The molecule has 0 saturated carbocycles. The second-order valence-electron chi connectivity index (χ2n) is 5.78. The number of phenolic OH excluding ortho intramolecular Hbond substituents is 1. The normalized spacial score (nSPS) is 12.6. The van der Waals surface area contributed by atoms with E-state index in [1.807, 2.05) is 6.92 Å². The molecule has 1 heterocycles. The van der Waals surface area contributed by atoms with Crippen LogP contribution in [0.3, 0.4) is 0 Å². The van der Waals surface area contributed by atoms with Crippen LogP contribution in [0.2, 0.25) is 0 Å². The zero-order valence-electron chi connectivity index (χ0n) is 15.4. The van der Waals surface area contributed by atoms with Gasteiger partial charge in [-0.3, -0.25) is 4.55 Å². The summed E-state index contributed by atoms with van der Waals surface area (Å²) in [6.45, 7) is 3.98. The second-order valence-corrected chi connectivity index (χ2v) is 8.27. The van der Waals surface area contributed by atoms with Crippen LogP contribution in [-0.4, -0.2) is 35.0 Å². The van der Waals surface area contributed by atoms with E-state index in [1.54, 1.807) is 36.2 Å². The maximum atomic E-state index is 11.7. The Hall–Kier alpha value is -1.33. The molecule has 11 heteroatoms. The predicted octanol–water partition coefficient (Wildman–Crippen LogP) is 4.80. The molecule has 8 nitrogen and oxygen atoms in total. The van der Waals surface area contributed by atoms with Crippen molar-refractivity contribution in [2.24, 2.45) is 10.2 Å². The number of nitrogens with zero attached hydrogens (tertiary/aromatic N) is 4. The summed E-state index contributed by atoms with van der Waals surface area (Å²) >= 11 is 3.28. The van der Waals surface area contributed by atoms with E-state index < -0.39 is 15.5 Å². The minimum Gasteiger partial charge on any atom is -0.506 e. The topological polar surface area (TPSA) is 115 Å². The van der Waals surface area contributed by atoms with Gasteiger partial charge in [-0.1, -0.05) is 13.8 Å². The molecule has 0 bridgehead atoms. The molecule has 0 fully saturated rings. The number of pyridine rings is 1. The van der Waals surface area contributed by atoms with Crippen LogP contribution >= 0.6 is 15.9 Å². The molecule has 0 amide bonds. The number of aromatic nitrogens is 1. The Labute approximate surface area is 187 Å². The molecule has 0 aliphatic rings. The smallest absolute Gasteiger partial charge is 0.506 e. The molecule has 1 unspecified atom stereocenters. The molecule has 0 aliphatic carbocycles. The van der Waals surface area contributed by atoms with Gasteiger partial charge >= 0.3 is 21.7 Å². The van der Waals surface area contributed by atoms with Crippen molar-refractivity contribution in [2.75, 3.05) is 11.4 Å². The number of azo groups is 1. The van der Waals surface area contributed by atoms with Crippen LogP contribution in [0.25, 0.3) is 0 Å². The zero-order chi connectivity index (χ0) is 20.0. The molecule has 0 saturated heterocycles. The van der Waals surface area contributed by atoms with Gasteiger partial charge in [0.25, 0.3) is 10.1 Å². The average molecular weight is 505 g/mol. The van der Waals surface area contributed by atoms with Crippen LogP contribution in [0, 0.1) is 0 Å². The van der Waals surface area contributed by atoms with E-state index in [1.165, 1.54) is 12.1 Å². The molecule has 28 heavy (non-hydrogen) atoms. The number of rotatable bonds is 8. The quantitative estimate of drug-likeness (QED) is 0.303. The predicted molar refractivity (Wildman–Crippen MR) is 107 cm³/mol. The van der Waals surface area contributed by atoms with Crippen LogP contribution in [0.1, 0.15) is 26.7 Å². The zero-order valence-corrected chi connectivity index (χ0v) is 19.4. The van der Waals surface area contributed by atoms with Crippen LogP contribution in [0.15, 0.2) is 51.2 Å². The first-order chi connectivity index (χ1) is 12.8. The molecule has 2 N–H and O–H groups in total. The van der Waals surface area contributed by atoms with E-state index in [-0.39, 0.29) is 39.6 Å². The molecule has 1 aromatic heterocycles. The van der Waals surface area contributed by atoms with Gasteiger partial charge in [-0.05, 0) is 53.0 Å². The molecular formula is C17H21BrN4O4STi+2. The molecular weight excluding hydrogens is 484 g/mol. The van der Waals surface area contributed by atoms with Crippen molar-refractivity contribution in [2.45, 2.75) is 32.1 Å². The van der Waals surface area contributed by atoms with E-state index in [4.69, 9.17) is 0 Å². The first-order valence-electron chi connectivity index (χ1n) is 8.35. The first-order valence-corrected chi connectivity index (χ1v) is 10.6. The molecule has 0 aliphatic heterocycles. The van der Waals surface area contributed by atoms with Gasteiger partial charge in [-0.2, -0.15) is 8.42 Å². The van der Waals surface area contributed by atoms with Gasteiger partial charge < -0.3 is 10.0 Å². The Morgan fingerprint density at radius 1 is 1.21 bits per heavy atom. The number of hydrogen-bond acceptors (Lipinski definition) is 7. The van der Waals surface area contributed by atoms with Gasteiger partial charge in [-0.15, -0.1) is 10.2 Å². The Balaban J connectivity index is 0.00000392. The third-order valence-corrected chi connectivity index (χ3v) is 5.51. The Bertz CT molecular complexity index is 910. The fourth-order valence-electron chi connectivity index (χ4n) is 2.58. The monoisotopic (exact) mass is 504 g/mol. The van der Waals surface area contributed by atoms with Crippen LogP contribution < -0.4 is 4.90 Å². The van der Waals surface area contributed by atoms with Gasteiger partial charge in [0.2, 0.25) is 0 Å². The van der Waals surface area contributed by atoms with Crippen molar-refractivity contribution >= 4 is 43.2 Å². The molecule has 148 valence electrons. The summed E-state index contributed by atoms with van der Waals surface area (Å²) in [5.74, 6) is 0.228. The van der Waals surface area contributed by atoms with E-state index in [9.17, 15) is 18.1 Å². The molecule has 2 aromatic rings. The Morgan fingerprint density at radius 3 is 2.43 bits per heavy atom. The first kappa shape index (κ1) is 24.7. The van der Waals surface area contributed by atoms with Crippen molar-refractivity contribution in [3.8, 4) is 5.75 Å². The minimum absolute atomic E-state index is 0. The van der Waals surface area contributed by atoms with E-state index >= 15 is 0 Å². The second kappa shape index (κ2) is 11.0. The maximum Gasteiger partial charge on any atom is 2.00 e. The SMILES string of the molecule is CCCN(c1ccc(N=Nc2ccc(Br)cn2)c(O)c1)C(CC)S(=O)(=O)O.[Ti+2]. The third kappa shape index (κ3) is 6.63. The van der Waals surface area contributed by atoms with Crippen LogP contribution in [0.4, 0.5) is 17.2 Å². The fraction of sp³-hybridized carbons (Fsp3) is 0.353. The summed E-state index contributed by atoms with van der Waals surface area (Å²) in [4.78, 5) is 5.61. The van der Waals surface area contributed by atoms with Gasteiger partial charge in [0.1, 0.15) is 11.4 Å². The van der Waals surface area contributed by atoms with Crippen molar-refractivity contribution in [3.05, 3.63) is 41.0 Å². The minimum atomic E-state index is -4.27. The van der Waals surface area contributed by atoms with E-state index in [0.29, 0.717) is 24.5 Å². The summed E-state index contributed by atoms with van der Waals surface area (Å²) in [5, 5.41) is 17.1. The summed E-state index contributed by atoms with van der Waals surface area (Å²) in [6.07, 6.45) is 2.46. The van der Waals surface area contributed by atoms with Gasteiger partial charge in [0, 0.05) is 29.0 Å². The van der Waals surface area contributed by atoms with Crippen molar-refractivity contribution < 1.29 is 39.8 Å². The summed E-state index contributed by atoms with van der Waals surface area (Å²) in [7, 11) is -4.27. The third-order valence-electron chi connectivity index (χ3n) is 3.77. The number of halogens is 1. The fourth-order valence-corrected chi connectivity index (χ4v) is 3.78. The molecule has 1 atom stereocenters. The molecule has 1 aromatic carbocycles. The van der Waals surface area contributed by atoms with Crippen molar-refractivity contribution in [1.29, 1.82) is 0 Å². The van der Waals surface area contributed by atoms with Crippen LogP contribution in [-0.2, 0) is 31.8 Å². The van der Waals surface area contributed by atoms with Gasteiger partial charge in [-0.25, -0.2) is 4.98 Å². The van der Waals surface area contributed by atoms with E-state index in [0.717, 1.165) is 4.47 Å². The largest absolute Gasteiger partial charge is 2.00 e. The number of hydrogen-bond donors (Lipinski definition) is 2. The van der Waals surface area contributed by atoms with E-state index in [2.05, 4.69) is 31.1 Å². The number of phenols is 1. The molecule has 2 rings (SSSR count). The Morgan fingerprint density at radius 2 is 1.93 bits per heavy atom. The summed E-state index contributed by atoms with van der Waals surface area (Å²) in [5.41, 5.74) is 0.694. The van der Waals surface area contributed by atoms with Crippen molar-refractivity contribution in [1.82, 2.24) is 4.98 Å². The standard InChI is InChI=1S/C17H21BrN4O4S.Ti/c1-3-9-22(17(4-2)27(24,25)26)13-6-7-14(15(23)10-13)20-21-16-8-5-12(18)11-19-16;/h5-8,10-11,17,23H,3-4,9H2,1-2H3,(H,24,25,26);/q;+2. The molecule has 0 radical (unpaired) electrons. The maximum absolute atomic E-state index is 11.7. The number of aromatic hydroxyl groups is 1. The Kier molecular flexibility index (Phi) is 9.72. The van der Waals surface area contributed by atoms with Crippen LogP contribution in [0.5, 0.6) is 5.75 Å². The van der Waals surface area contributed by atoms with Gasteiger partial charge in [0.15, 0.2) is 11.2 Å². The average Bonchev–Trinajstić information content (AvgIpc) is 2.61. The number of benzene rings is 1. The molecule has 0 spiro atoms. The summed E-state index contributed by atoms with van der Waals surface area (Å²) < 4.78 is 33.7. The van der Waals surface area contributed by atoms with Crippen molar-refractivity contribution in [3.63, 3.8) is 0 Å². The van der Waals surface area contributed by atoms with Gasteiger partial charge in [0.05, 0.1) is 0 Å².